The van der Waals surface area contributed by atoms with Gasteiger partial charge in [-0.3, -0.25) is 4.79 Å². The van der Waals surface area contributed by atoms with Gasteiger partial charge in [-0.1, -0.05) is 30.7 Å². The van der Waals surface area contributed by atoms with Crippen molar-refractivity contribution in [3.05, 3.63) is 23.8 Å². The summed E-state index contributed by atoms with van der Waals surface area (Å²) in [6.07, 6.45) is 14.3. The maximum atomic E-state index is 11.2. The summed E-state index contributed by atoms with van der Waals surface area (Å²) in [4.78, 5) is 11.2. The highest BCUT2D eigenvalue weighted by molar-refractivity contribution is 5.69. The molecule has 0 aromatic heterocycles. The molecule has 0 amide bonds. The molecule has 144 valence electrons. The van der Waals surface area contributed by atoms with E-state index in [-0.39, 0.29) is 11.9 Å². The fraction of sp³-hybridized carbons (Fsp3) is 0.696. The number of fused-ring (bicyclic) bond motifs is 1. The summed E-state index contributed by atoms with van der Waals surface area (Å²) < 4.78 is 4.69. The van der Waals surface area contributed by atoms with Crippen LogP contribution in [0.25, 0.3) is 0 Å². The molecule has 0 saturated heterocycles. The molecule has 0 bridgehead atoms. The number of ether oxygens (including phenoxy) is 1. The minimum absolute atomic E-state index is 0.116. The molecule has 0 heterocycles. The number of esters is 1. The van der Waals surface area contributed by atoms with E-state index in [1.54, 1.807) is 5.57 Å². The van der Waals surface area contributed by atoms with Gasteiger partial charge in [0.15, 0.2) is 0 Å². The Balaban J connectivity index is 1.80. The van der Waals surface area contributed by atoms with Gasteiger partial charge < -0.3 is 9.84 Å². The van der Waals surface area contributed by atoms with Crippen LogP contribution >= 0.6 is 0 Å². The smallest absolute Gasteiger partial charge is 0.305 e. The summed E-state index contributed by atoms with van der Waals surface area (Å²) in [5.41, 5.74) is 1.56. The predicted molar refractivity (Wildman–Crippen MR) is 105 cm³/mol. The Hall–Kier alpha value is -1.53. The third-order valence-electron chi connectivity index (χ3n) is 6.03. The molecule has 0 spiro atoms. The summed E-state index contributed by atoms with van der Waals surface area (Å²) in [5.74, 6) is 8.15. The van der Waals surface area contributed by atoms with Gasteiger partial charge in [-0.25, -0.2) is 0 Å². The molecular weight excluding hydrogens is 324 g/mol. The van der Waals surface area contributed by atoms with Gasteiger partial charge in [0, 0.05) is 12.8 Å². The number of aliphatic hydroxyl groups excluding tert-OH is 1. The number of carbonyl (C=O) groups is 1. The van der Waals surface area contributed by atoms with Gasteiger partial charge in [0.2, 0.25) is 0 Å². The average Bonchev–Trinajstić information content (AvgIpc) is 3.21. The van der Waals surface area contributed by atoms with E-state index in [1.165, 1.54) is 32.8 Å². The molecule has 0 aliphatic heterocycles. The van der Waals surface area contributed by atoms with Crippen molar-refractivity contribution < 1.29 is 14.6 Å². The Bertz CT molecular complexity index is 578. The van der Waals surface area contributed by atoms with Crippen molar-refractivity contribution in [1.29, 1.82) is 0 Å². The van der Waals surface area contributed by atoms with Gasteiger partial charge in [-0.05, 0) is 69.1 Å². The van der Waals surface area contributed by atoms with Crippen LogP contribution in [0.3, 0.4) is 0 Å². The Morgan fingerprint density at radius 1 is 1.38 bits per heavy atom. The lowest BCUT2D eigenvalue weighted by Gasteiger charge is -2.17. The maximum Gasteiger partial charge on any atom is 0.305 e. The van der Waals surface area contributed by atoms with E-state index in [1.807, 2.05) is 13.0 Å². The highest BCUT2D eigenvalue weighted by Crippen LogP contribution is 2.50. The maximum absolute atomic E-state index is 11.2. The van der Waals surface area contributed by atoms with E-state index in [0.29, 0.717) is 12.3 Å². The molecule has 2 aliphatic carbocycles. The first-order valence-electron chi connectivity index (χ1n) is 10.1. The zero-order valence-corrected chi connectivity index (χ0v) is 16.5. The normalized spacial score (nSPS) is 28.6. The zero-order chi connectivity index (χ0) is 18.9. The number of hydrogen-bond acceptors (Lipinski definition) is 3. The van der Waals surface area contributed by atoms with Crippen molar-refractivity contribution in [3.63, 3.8) is 0 Å². The Morgan fingerprint density at radius 3 is 2.92 bits per heavy atom. The van der Waals surface area contributed by atoms with Gasteiger partial charge in [0.25, 0.3) is 0 Å². The molecule has 1 unspecified atom stereocenters. The van der Waals surface area contributed by atoms with Crippen LogP contribution in [0.4, 0.5) is 0 Å². The highest BCUT2D eigenvalue weighted by Gasteiger charge is 2.39. The molecule has 5 atom stereocenters. The number of allylic oxidation sites excluding steroid dienone is 3. The lowest BCUT2D eigenvalue weighted by Crippen LogP contribution is -2.15. The van der Waals surface area contributed by atoms with Crippen molar-refractivity contribution in [3.8, 4) is 11.8 Å². The second kappa shape index (κ2) is 10.6. The van der Waals surface area contributed by atoms with E-state index in [0.717, 1.165) is 31.1 Å². The molecule has 1 N–H and O–H groups in total. The number of aliphatic hydroxyl groups is 1. The Labute approximate surface area is 158 Å². The number of hydrogen-bond donors (Lipinski definition) is 1. The predicted octanol–water partition coefficient (Wildman–Crippen LogP) is 4.66. The first-order valence-corrected chi connectivity index (χ1v) is 10.1. The minimum atomic E-state index is -0.398. The van der Waals surface area contributed by atoms with Crippen LogP contribution in [0, 0.1) is 35.5 Å². The van der Waals surface area contributed by atoms with Gasteiger partial charge >= 0.3 is 5.97 Å². The molecule has 0 aromatic rings. The Morgan fingerprint density at radius 2 is 2.19 bits per heavy atom. The topological polar surface area (TPSA) is 46.5 Å². The van der Waals surface area contributed by atoms with Crippen molar-refractivity contribution in [2.45, 2.75) is 71.3 Å². The van der Waals surface area contributed by atoms with E-state index >= 15 is 0 Å². The second-order valence-electron chi connectivity index (χ2n) is 7.89. The van der Waals surface area contributed by atoms with E-state index < -0.39 is 6.10 Å². The van der Waals surface area contributed by atoms with Gasteiger partial charge in [-0.2, -0.15) is 0 Å². The van der Waals surface area contributed by atoms with Crippen molar-refractivity contribution in [2.24, 2.45) is 23.7 Å². The van der Waals surface area contributed by atoms with Crippen LogP contribution < -0.4 is 0 Å². The summed E-state index contributed by atoms with van der Waals surface area (Å²) in [5, 5.41) is 10.3. The van der Waals surface area contributed by atoms with Crippen molar-refractivity contribution in [2.75, 3.05) is 7.11 Å². The van der Waals surface area contributed by atoms with E-state index in [9.17, 15) is 9.90 Å². The lowest BCUT2D eigenvalue weighted by molar-refractivity contribution is -0.140. The van der Waals surface area contributed by atoms with Crippen LogP contribution in [-0.4, -0.2) is 24.3 Å². The van der Waals surface area contributed by atoms with Crippen molar-refractivity contribution in [1.82, 2.24) is 0 Å². The van der Waals surface area contributed by atoms with Crippen LogP contribution in [-0.2, 0) is 9.53 Å². The van der Waals surface area contributed by atoms with E-state index in [4.69, 9.17) is 0 Å². The third-order valence-corrected chi connectivity index (χ3v) is 6.03. The molecule has 2 saturated carbocycles. The van der Waals surface area contributed by atoms with Gasteiger partial charge in [-0.15, -0.1) is 11.8 Å². The van der Waals surface area contributed by atoms with Crippen LogP contribution in [0.2, 0.25) is 0 Å². The first-order chi connectivity index (χ1) is 12.5. The number of methoxy groups -OCH3 is 1. The van der Waals surface area contributed by atoms with Gasteiger partial charge in [0.05, 0.1) is 13.2 Å². The fourth-order valence-corrected chi connectivity index (χ4v) is 4.37. The average molecular weight is 359 g/mol. The summed E-state index contributed by atoms with van der Waals surface area (Å²) in [6, 6.07) is 0. The molecule has 2 rings (SSSR count). The molecule has 3 heteroatoms. The molecule has 2 fully saturated rings. The zero-order valence-electron chi connectivity index (χ0n) is 16.5. The van der Waals surface area contributed by atoms with Crippen LogP contribution in [0.1, 0.15) is 65.2 Å². The summed E-state index contributed by atoms with van der Waals surface area (Å²) in [6.45, 7) is 3.90. The summed E-state index contributed by atoms with van der Waals surface area (Å²) in [7, 11) is 1.45. The number of rotatable bonds is 8. The standard InChI is InChI=1S/C23H34O3/c1-4-5-8-17(2)22(24)14-13-19-11-12-20-15-18(16-21(19)20)9-6-7-10-23(25)26-3/h9,13-14,17,19-22,24H,6-8,10-12,15-16H2,1-3H3/b14-13+,18-9+/t17-,19+,20?,21+,22+/m0/s1. The molecule has 0 aromatic carbocycles. The monoisotopic (exact) mass is 358 g/mol. The van der Waals surface area contributed by atoms with Crippen molar-refractivity contribution >= 4 is 5.97 Å². The molecule has 2 aliphatic rings. The number of carbonyl (C=O) groups excluding carboxylic acids is 1. The third kappa shape index (κ3) is 6.02. The van der Waals surface area contributed by atoms with Crippen LogP contribution in [0.15, 0.2) is 23.8 Å². The summed E-state index contributed by atoms with van der Waals surface area (Å²) >= 11 is 0. The Kier molecular flexibility index (Phi) is 8.45. The minimum Gasteiger partial charge on any atom is -0.469 e. The largest absolute Gasteiger partial charge is 0.469 e. The second-order valence-corrected chi connectivity index (χ2v) is 7.89. The van der Waals surface area contributed by atoms with Gasteiger partial charge in [0.1, 0.15) is 0 Å². The highest BCUT2D eigenvalue weighted by atomic mass is 16.5. The first kappa shape index (κ1) is 20.8. The molecule has 26 heavy (non-hydrogen) atoms. The quantitative estimate of drug-likeness (QED) is 0.297. The van der Waals surface area contributed by atoms with E-state index in [2.05, 4.69) is 35.7 Å². The lowest BCUT2D eigenvalue weighted by atomic mass is 9.90. The fourth-order valence-electron chi connectivity index (χ4n) is 4.37. The molecular formula is C23H34O3. The molecule has 3 nitrogen and oxygen atoms in total. The molecule has 0 radical (unpaired) electrons. The SMILES string of the molecule is CC#CC[C@H](C)[C@H](O)/C=C/[C@H]1CCC2C/C(=C\CCCC(=O)OC)C[C@@H]21. The number of unbranched alkanes of at least 4 members (excludes halogenated alkanes) is 1. The van der Waals surface area contributed by atoms with Crippen LogP contribution in [0.5, 0.6) is 0 Å².